The first-order chi connectivity index (χ1) is 12.8. The minimum atomic E-state index is -4.54. The van der Waals surface area contributed by atoms with Gasteiger partial charge in [0, 0.05) is 18.7 Å². The van der Waals surface area contributed by atoms with Crippen LogP contribution in [0.2, 0.25) is 0 Å². The van der Waals surface area contributed by atoms with Gasteiger partial charge in [-0.25, -0.2) is 4.39 Å². The largest absolute Gasteiger partial charge is 0.493 e. The summed E-state index contributed by atoms with van der Waals surface area (Å²) in [6.45, 7) is 1.97. The van der Waals surface area contributed by atoms with Crippen LogP contribution < -0.4 is 4.74 Å². The summed E-state index contributed by atoms with van der Waals surface area (Å²) < 4.78 is 57.2. The van der Waals surface area contributed by atoms with Crippen LogP contribution in [0.1, 0.15) is 28.7 Å². The molecule has 0 unspecified atom stereocenters. The fourth-order valence-electron chi connectivity index (χ4n) is 3.06. The monoisotopic (exact) mass is 379 g/mol. The zero-order chi connectivity index (χ0) is 19.4. The molecule has 0 radical (unpaired) electrons. The van der Waals surface area contributed by atoms with Gasteiger partial charge in [-0.05, 0) is 49.2 Å². The van der Waals surface area contributed by atoms with Crippen LogP contribution in [-0.2, 0) is 19.1 Å². The second kappa shape index (κ2) is 8.13. The van der Waals surface area contributed by atoms with Crippen LogP contribution in [0, 0.1) is 5.82 Å². The Morgan fingerprint density at radius 3 is 2.70 bits per heavy atom. The summed E-state index contributed by atoms with van der Waals surface area (Å²) in [5.41, 5.74) is 1.50. The predicted octanol–water partition coefficient (Wildman–Crippen LogP) is 5.31. The van der Waals surface area contributed by atoms with Crippen molar-refractivity contribution < 1.29 is 22.3 Å². The second-order valence-corrected chi connectivity index (χ2v) is 6.73. The molecular weight excluding hydrogens is 358 g/mol. The molecule has 1 aliphatic rings. The molecule has 0 saturated carbocycles. The molecule has 0 atom stereocenters. The van der Waals surface area contributed by atoms with E-state index in [-0.39, 0.29) is 5.56 Å². The van der Waals surface area contributed by atoms with Gasteiger partial charge < -0.3 is 4.74 Å². The van der Waals surface area contributed by atoms with Crippen LogP contribution in [-0.4, -0.2) is 25.1 Å². The number of hydrogen-bond acceptors (Lipinski definition) is 2. The maximum absolute atomic E-state index is 13.8. The highest BCUT2D eigenvalue weighted by Crippen LogP contribution is 2.30. The number of benzene rings is 2. The minimum absolute atomic E-state index is 0.138. The molecular formula is C21H21F4NO. The number of likely N-dealkylation sites (N-methyl/N-ethyl adjacent to an activating group) is 1. The molecule has 0 fully saturated rings. The lowest BCUT2D eigenvalue weighted by atomic mass is 10.0. The van der Waals surface area contributed by atoms with E-state index >= 15 is 0 Å². The molecule has 0 saturated heterocycles. The fourth-order valence-corrected chi connectivity index (χ4v) is 3.06. The molecule has 0 spiro atoms. The topological polar surface area (TPSA) is 12.5 Å². The first-order valence-corrected chi connectivity index (χ1v) is 8.79. The summed E-state index contributed by atoms with van der Waals surface area (Å²) in [4.78, 5) is 2.03. The van der Waals surface area contributed by atoms with Gasteiger partial charge in [0.25, 0.3) is 0 Å². The average molecular weight is 379 g/mol. The van der Waals surface area contributed by atoms with E-state index in [1.807, 2.05) is 18.0 Å². The lowest BCUT2D eigenvalue weighted by molar-refractivity contribution is -0.137. The highest BCUT2D eigenvalue weighted by atomic mass is 19.4. The Bertz CT molecular complexity index is 829. The van der Waals surface area contributed by atoms with Crippen molar-refractivity contribution in [3.05, 3.63) is 70.5 Å². The van der Waals surface area contributed by atoms with Crippen molar-refractivity contribution in [3.8, 4) is 5.75 Å². The van der Waals surface area contributed by atoms with Gasteiger partial charge >= 0.3 is 6.18 Å². The Labute approximate surface area is 156 Å². The quantitative estimate of drug-likeness (QED) is 0.653. The van der Waals surface area contributed by atoms with Gasteiger partial charge in [0.1, 0.15) is 11.6 Å². The SMILES string of the molecule is CN(CC=Cc1ccc(C(F)(F)F)cc1F)Cc1ccc2c(c1)OCCC2. The van der Waals surface area contributed by atoms with Crippen molar-refractivity contribution in [2.45, 2.75) is 25.6 Å². The Morgan fingerprint density at radius 2 is 1.96 bits per heavy atom. The second-order valence-electron chi connectivity index (χ2n) is 6.73. The highest BCUT2D eigenvalue weighted by molar-refractivity contribution is 5.51. The highest BCUT2D eigenvalue weighted by Gasteiger charge is 2.30. The number of alkyl halides is 3. The van der Waals surface area contributed by atoms with E-state index in [1.165, 1.54) is 11.6 Å². The number of fused-ring (bicyclic) bond motifs is 1. The van der Waals surface area contributed by atoms with Crippen molar-refractivity contribution in [1.82, 2.24) is 4.90 Å². The van der Waals surface area contributed by atoms with Gasteiger partial charge in [0.05, 0.1) is 12.2 Å². The van der Waals surface area contributed by atoms with Crippen LogP contribution in [0.5, 0.6) is 5.75 Å². The summed E-state index contributed by atoms with van der Waals surface area (Å²) in [5.74, 6) is 0.0603. The van der Waals surface area contributed by atoms with E-state index in [1.54, 1.807) is 6.08 Å². The van der Waals surface area contributed by atoms with Gasteiger partial charge in [-0.15, -0.1) is 0 Å². The molecule has 2 aromatic rings. The van der Waals surface area contributed by atoms with Gasteiger partial charge in [-0.1, -0.05) is 30.4 Å². The van der Waals surface area contributed by atoms with E-state index in [0.717, 1.165) is 42.9 Å². The Kier molecular flexibility index (Phi) is 5.85. The van der Waals surface area contributed by atoms with E-state index in [9.17, 15) is 17.6 Å². The third-order valence-corrected chi connectivity index (χ3v) is 4.47. The normalized spacial score (nSPS) is 14.4. The third-order valence-electron chi connectivity index (χ3n) is 4.47. The van der Waals surface area contributed by atoms with Crippen LogP contribution in [0.25, 0.3) is 6.08 Å². The summed E-state index contributed by atoms with van der Waals surface area (Å²) in [7, 11) is 1.92. The molecule has 2 nitrogen and oxygen atoms in total. The molecule has 0 aromatic heterocycles. The van der Waals surface area contributed by atoms with Gasteiger partial charge in [0.2, 0.25) is 0 Å². The standard InChI is InChI=1S/C21H21F4NO/c1-26(14-15-6-7-17-5-3-11-27-20(17)12-15)10-2-4-16-8-9-18(13-19(16)22)21(23,24)25/h2,4,6-9,12-13H,3,5,10-11,14H2,1H3. The van der Waals surface area contributed by atoms with Crippen LogP contribution in [0.4, 0.5) is 17.6 Å². The fraction of sp³-hybridized carbons (Fsp3) is 0.333. The summed E-state index contributed by atoms with van der Waals surface area (Å²) in [6, 6.07) is 8.77. The number of aryl methyl sites for hydroxylation is 1. The number of halogens is 4. The molecule has 0 bridgehead atoms. The van der Waals surface area contributed by atoms with Crippen molar-refractivity contribution in [1.29, 1.82) is 0 Å². The van der Waals surface area contributed by atoms with Gasteiger partial charge in [-0.2, -0.15) is 13.2 Å². The van der Waals surface area contributed by atoms with Crippen LogP contribution in [0.3, 0.4) is 0 Å². The Hall–Kier alpha value is -2.34. The first kappa shape index (κ1) is 19.4. The molecule has 0 aliphatic carbocycles. The van der Waals surface area contributed by atoms with Crippen molar-refractivity contribution in [3.63, 3.8) is 0 Å². The first-order valence-electron chi connectivity index (χ1n) is 8.79. The minimum Gasteiger partial charge on any atom is -0.493 e. The third kappa shape index (κ3) is 5.10. The maximum Gasteiger partial charge on any atom is 0.416 e. The lowest BCUT2D eigenvalue weighted by Gasteiger charge is -2.20. The van der Waals surface area contributed by atoms with Crippen molar-refractivity contribution in [2.75, 3.05) is 20.2 Å². The number of nitrogens with zero attached hydrogens (tertiary/aromatic N) is 1. The molecule has 1 aliphatic heterocycles. The van der Waals surface area contributed by atoms with E-state index in [0.29, 0.717) is 19.2 Å². The van der Waals surface area contributed by atoms with Crippen LogP contribution in [0.15, 0.2) is 42.5 Å². The molecule has 3 rings (SSSR count). The van der Waals surface area contributed by atoms with Crippen molar-refractivity contribution in [2.24, 2.45) is 0 Å². The smallest absolute Gasteiger partial charge is 0.416 e. The number of hydrogen-bond donors (Lipinski definition) is 0. The van der Waals surface area contributed by atoms with E-state index in [2.05, 4.69) is 12.1 Å². The maximum atomic E-state index is 13.8. The van der Waals surface area contributed by atoms with E-state index in [4.69, 9.17) is 4.74 Å². The zero-order valence-corrected chi connectivity index (χ0v) is 15.0. The molecule has 0 amide bonds. The lowest BCUT2D eigenvalue weighted by Crippen LogP contribution is -2.18. The van der Waals surface area contributed by atoms with Gasteiger partial charge in [0.15, 0.2) is 0 Å². The summed E-state index contributed by atoms with van der Waals surface area (Å²) in [6.07, 6.45) is 0.773. The van der Waals surface area contributed by atoms with Crippen molar-refractivity contribution >= 4 is 6.08 Å². The molecule has 144 valence electrons. The van der Waals surface area contributed by atoms with E-state index < -0.39 is 17.6 Å². The number of ether oxygens (including phenoxy) is 1. The Morgan fingerprint density at radius 1 is 1.15 bits per heavy atom. The Balaban J connectivity index is 1.58. The number of rotatable bonds is 5. The molecule has 1 heterocycles. The predicted molar refractivity (Wildman–Crippen MR) is 97.0 cm³/mol. The summed E-state index contributed by atoms with van der Waals surface area (Å²) >= 11 is 0. The molecule has 0 N–H and O–H groups in total. The average Bonchev–Trinajstić information content (AvgIpc) is 2.62. The summed E-state index contributed by atoms with van der Waals surface area (Å²) in [5, 5.41) is 0. The molecule has 2 aromatic carbocycles. The van der Waals surface area contributed by atoms with Gasteiger partial charge in [-0.3, -0.25) is 4.90 Å². The molecule has 6 heteroatoms. The zero-order valence-electron chi connectivity index (χ0n) is 15.0. The van der Waals surface area contributed by atoms with Crippen LogP contribution >= 0.6 is 0 Å². The molecule has 27 heavy (non-hydrogen) atoms.